The van der Waals surface area contributed by atoms with Gasteiger partial charge >= 0.3 is 12.1 Å². The molecule has 0 heterocycles. The second-order valence-electron chi connectivity index (χ2n) is 7.33. The van der Waals surface area contributed by atoms with Gasteiger partial charge in [-0.2, -0.15) is 0 Å². The molecule has 0 unspecified atom stereocenters. The van der Waals surface area contributed by atoms with Crippen LogP contribution in [0.15, 0.2) is 78.9 Å². The highest BCUT2D eigenvalue weighted by atomic mass is 16.6. The van der Waals surface area contributed by atoms with Crippen LogP contribution < -0.4 is 20.9 Å². The van der Waals surface area contributed by atoms with Gasteiger partial charge in [0.25, 0.3) is 5.69 Å². The number of benzene rings is 3. The van der Waals surface area contributed by atoms with Crippen LogP contribution in [0, 0.1) is 17.0 Å². The van der Waals surface area contributed by atoms with E-state index < -0.39 is 4.92 Å². The van der Waals surface area contributed by atoms with Crippen LogP contribution in [0.25, 0.3) is 0 Å². The van der Waals surface area contributed by atoms with Gasteiger partial charge in [0.15, 0.2) is 0 Å². The largest absolute Gasteiger partial charge is 0.338 e. The smallest absolute Gasteiger partial charge is 0.326 e. The first-order valence-electron chi connectivity index (χ1n) is 10.4. The number of nitrogens with one attached hydrogen (secondary N) is 3. The van der Waals surface area contributed by atoms with Crippen molar-refractivity contribution in [3.8, 4) is 0 Å². The topological polar surface area (TPSA) is 117 Å². The number of nitro groups is 1. The summed E-state index contributed by atoms with van der Waals surface area (Å²) < 4.78 is 0. The van der Waals surface area contributed by atoms with Crippen LogP contribution >= 0.6 is 0 Å². The van der Waals surface area contributed by atoms with E-state index in [1.165, 1.54) is 24.3 Å². The van der Waals surface area contributed by atoms with Gasteiger partial charge < -0.3 is 16.0 Å². The minimum absolute atomic E-state index is 0.0528. The van der Waals surface area contributed by atoms with Gasteiger partial charge in [0.1, 0.15) is 0 Å². The number of para-hydroxylation sites is 1. The van der Waals surface area contributed by atoms with Crippen LogP contribution in [0.3, 0.4) is 0 Å². The summed E-state index contributed by atoms with van der Waals surface area (Å²) in [6.07, 6.45) is 0.518. The Morgan fingerprint density at radius 2 is 1.64 bits per heavy atom. The standard InChI is InChI=1S/C24H25N5O4/c1-18-7-5-8-20(17-18)26-23(30)25-15-6-16-28(21-9-3-2-4-10-21)24(31)27-19-11-13-22(14-12-19)29(32)33/h2-5,7-14,17H,6,15-16H2,1H3,(H,27,31)(H2,25,26,30). The van der Waals surface area contributed by atoms with Gasteiger partial charge in [0, 0.05) is 42.3 Å². The first kappa shape index (κ1) is 23.3. The minimum atomic E-state index is -0.496. The molecule has 170 valence electrons. The summed E-state index contributed by atoms with van der Waals surface area (Å²) in [5.41, 5.74) is 2.84. The van der Waals surface area contributed by atoms with Crippen LogP contribution in [-0.2, 0) is 0 Å². The van der Waals surface area contributed by atoms with Crippen molar-refractivity contribution in [3.63, 3.8) is 0 Å². The maximum atomic E-state index is 12.9. The molecule has 0 radical (unpaired) electrons. The van der Waals surface area contributed by atoms with E-state index in [9.17, 15) is 19.7 Å². The van der Waals surface area contributed by atoms with Crippen molar-refractivity contribution in [1.82, 2.24) is 5.32 Å². The fourth-order valence-electron chi connectivity index (χ4n) is 3.15. The van der Waals surface area contributed by atoms with Gasteiger partial charge in [-0.25, -0.2) is 9.59 Å². The van der Waals surface area contributed by atoms with E-state index in [1.807, 2.05) is 61.5 Å². The first-order valence-corrected chi connectivity index (χ1v) is 10.4. The fourth-order valence-corrected chi connectivity index (χ4v) is 3.15. The molecular weight excluding hydrogens is 422 g/mol. The molecule has 0 saturated carbocycles. The van der Waals surface area contributed by atoms with Crippen molar-refractivity contribution in [2.75, 3.05) is 28.6 Å². The number of hydrogen-bond acceptors (Lipinski definition) is 4. The number of amides is 4. The number of urea groups is 2. The molecule has 0 saturated heterocycles. The average molecular weight is 447 g/mol. The molecule has 4 amide bonds. The molecule has 0 aliphatic heterocycles. The number of nitrogens with zero attached hydrogens (tertiary/aromatic N) is 2. The molecule has 9 heteroatoms. The monoisotopic (exact) mass is 447 g/mol. The first-order chi connectivity index (χ1) is 15.9. The Balaban J connectivity index is 1.56. The lowest BCUT2D eigenvalue weighted by Crippen LogP contribution is -2.38. The number of anilines is 3. The van der Waals surface area contributed by atoms with Gasteiger partial charge in [-0.15, -0.1) is 0 Å². The van der Waals surface area contributed by atoms with E-state index in [-0.39, 0.29) is 17.7 Å². The Bertz CT molecular complexity index is 1100. The molecule has 9 nitrogen and oxygen atoms in total. The third-order valence-corrected chi connectivity index (χ3v) is 4.76. The number of nitro benzene ring substituents is 1. The number of aryl methyl sites for hydroxylation is 1. The number of hydrogen-bond donors (Lipinski definition) is 3. The highest BCUT2D eigenvalue weighted by molar-refractivity contribution is 6.01. The zero-order valence-corrected chi connectivity index (χ0v) is 18.2. The SMILES string of the molecule is Cc1cccc(NC(=O)NCCCN(C(=O)Nc2ccc([N+](=O)[O-])cc2)c2ccccc2)c1. The summed E-state index contributed by atoms with van der Waals surface area (Å²) >= 11 is 0. The second-order valence-corrected chi connectivity index (χ2v) is 7.33. The molecule has 33 heavy (non-hydrogen) atoms. The maximum absolute atomic E-state index is 12.9. The number of carbonyl (C=O) groups excluding carboxylic acids is 2. The van der Waals surface area contributed by atoms with Crippen LogP contribution in [0.4, 0.5) is 32.3 Å². The third-order valence-electron chi connectivity index (χ3n) is 4.76. The summed E-state index contributed by atoms with van der Waals surface area (Å²) in [4.78, 5) is 36.9. The molecule has 3 aromatic carbocycles. The normalized spacial score (nSPS) is 10.2. The van der Waals surface area contributed by atoms with Crippen molar-refractivity contribution in [1.29, 1.82) is 0 Å². The Morgan fingerprint density at radius 1 is 0.909 bits per heavy atom. The lowest BCUT2D eigenvalue weighted by molar-refractivity contribution is -0.384. The molecule has 3 rings (SSSR count). The van der Waals surface area contributed by atoms with E-state index >= 15 is 0 Å². The zero-order valence-electron chi connectivity index (χ0n) is 18.2. The van der Waals surface area contributed by atoms with Crippen LogP contribution in [0.5, 0.6) is 0 Å². The number of non-ortho nitro benzene ring substituents is 1. The molecule has 3 N–H and O–H groups in total. The van der Waals surface area contributed by atoms with Gasteiger partial charge in [-0.1, -0.05) is 30.3 Å². The molecule has 3 aromatic rings. The average Bonchev–Trinajstić information content (AvgIpc) is 2.80. The van der Waals surface area contributed by atoms with Crippen molar-refractivity contribution in [3.05, 3.63) is 94.5 Å². The molecule has 0 aliphatic rings. The lowest BCUT2D eigenvalue weighted by atomic mass is 10.2. The predicted molar refractivity (Wildman–Crippen MR) is 129 cm³/mol. The molecule has 0 spiro atoms. The number of rotatable bonds is 8. The summed E-state index contributed by atoms with van der Waals surface area (Å²) in [6.45, 7) is 2.67. The van der Waals surface area contributed by atoms with Crippen molar-refractivity contribution in [2.45, 2.75) is 13.3 Å². The molecule has 0 atom stereocenters. The molecule has 0 aromatic heterocycles. The maximum Gasteiger partial charge on any atom is 0.326 e. The Kier molecular flexibility index (Phi) is 7.96. The Morgan fingerprint density at radius 3 is 2.30 bits per heavy atom. The van der Waals surface area contributed by atoms with Crippen LogP contribution in [0.1, 0.15) is 12.0 Å². The van der Waals surface area contributed by atoms with Gasteiger partial charge in [-0.05, 0) is 55.3 Å². The fraction of sp³-hybridized carbons (Fsp3) is 0.167. The zero-order chi connectivity index (χ0) is 23.6. The molecule has 0 aliphatic carbocycles. The third kappa shape index (κ3) is 7.06. The van der Waals surface area contributed by atoms with Gasteiger partial charge in [-0.3, -0.25) is 15.0 Å². The van der Waals surface area contributed by atoms with E-state index in [0.29, 0.717) is 36.6 Å². The van der Waals surface area contributed by atoms with E-state index in [1.54, 1.807) is 4.90 Å². The van der Waals surface area contributed by atoms with E-state index in [0.717, 1.165) is 5.56 Å². The molecule has 0 fully saturated rings. The van der Waals surface area contributed by atoms with E-state index in [4.69, 9.17) is 0 Å². The van der Waals surface area contributed by atoms with Gasteiger partial charge in [0.05, 0.1) is 4.92 Å². The predicted octanol–water partition coefficient (Wildman–Crippen LogP) is 5.15. The minimum Gasteiger partial charge on any atom is -0.338 e. The summed E-state index contributed by atoms with van der Waals surface area (Å²) in [7, 11) is 0. The van der Waals surface area contributed by atoms with Crippen molar-refractivity contribution in [2.24, 2.45) is 0 Å². The second kappa shape index (κ2) is 11.3. The highest BCUT2D eigenvalue weighted by Crippen LogP contribution is 2.19. The summed E-state index contributed by atoms with van der Waals surface area (Å²) in [5, 5.41) is 19.1. The lowest BCUT2D eigenvalue weighted by Gasteiger charge is -2.23. The quantitative estimate of drug-likeness (QED) is 0.251. The Hall–Kier alpha value is -4.40. The number of carbonyl (C=O) groups is 2. The highest BCUT2D eigenvalue weighted by Gasteiger charge is 2.16. The summed E-state index contributed by atoms with van der Waals surface area (Å²) in [6, 6.07) is 21.6. The van der Waals surface area contributed by atoms with Crippen LogP contribution in [-0.4, -0.2) is 30.1 Å². The summed E-state index contributed by atoms with van der Waals surface area (Å²) in [5.74, 6) is 0. The van der Waals surface area contributed by atoms with Crippen molar-refractivity contribution >= 4 is 34.8 Å². The van der Waals surface area contributed by atoms with E-state index in [2.05, 4.69) is 16.0 Å². The Labute approximate surface area is 191 Å². The molecular formula is C24H25N5O4. The van der Waals surface area contributed by atoms with Crippen molar-refractivity contribution < 1.29 is 14.5 Å². The van der Waals surface area contributed by atoms with Crippen LogP contribution in [0.2, 0.25) is 0 Å². The molecule has 0 bridgehead atoms. The van der Waals surface area contributed by atoms with Gasteiger partial charge in [0.2, 0.25) is 0 Å².